The normalized spacial score (nSPS) is 14.6. The monoisotopic (exact) mass is 550 g/mol. The fraction of sp³-hybridized carbons (Fsp3) is 0.250. The van der Waals surface area contributed by atoms with Gasteiger partial charge < -0.3 is 19.1 Å². The number of rotatable bonds is 8. The number of carbonyl (C=O) groups excluding carboxylic acids is 2. The Kier molecular flexibility index (Phi) is 8.05. The van der Waals surface area contributed by atoms with Gasteiger partial charge in [0.1, 0.15) is 5.75 Å². The SMILES string of the molecule is CCOC(=O)C(C(=O)OCC)C1c2ccncc2C=C(c2ccc(OC)cc2)N1c1ccc(Br)cc1. The van der Waals surface area contributed by atoms with Crippen molar-refractivity contribution >= 4 is 45.3 Å². The maximum absolute atomic E-state index is 13.3. The molecule has 0 saturated heterocycles. The van der Waals surface area contributed by atoms with Crippen LogP contribution in [0, 0.1) is 5.92 Å². The summed E-state index contributed by atoms with van der Waals surface area (Å²) in [5.41, 5.74) is 4.05. The number of pyridine rings is 1. The average Bonchev–Trinajstić information content (AvgIpc) is 2.89. The second kappa shape index (κ2) is 11.4. The quantitative estimate of drug-likeness (QED) is 0.264. The Labute approximate surface area is 218 Å². The molecule has 1 aliphatic rings. The molecule has 0 saturated carbocycles. The number of fused-ring (bicyclic) bond motifs is 1. The van der Waals surface area contributed by atoms with Crippen LogP contribution < -0.4 is 9.64 Å². The zero-order valence-electron chi connectivity index (χ0n) is 20.3. The van der Waals surface area contributed by atoms with E-state index in [4.69, 9.17) is 14.2 Å². The molecule has 36 heavy (non-hydrogen) atoms. The third kappa shape index (κ3) is 5.14. The van der Waals surface area contributed by atoms with Gasteiger partial charge in [-0.3, -0.25) is 14.6 Å². The van der Waals surface area contributed by atoms with Crippen molar-refractivity contribution in [2.75, 3.05) is 25.2 Å². The van der Waals surface area contributed by atoms with Gasteiger partial charge in [-0.15, -0.1) is 0 Å². The molecule has 1 aliphatic heterocycles. The molecule has 3 aromatic rings. The van der Waals surface area contributed by atoms with Gasteiger partial charge in [0, 0.05) is 33.8 Å². The smallest absolute Gasteiger partial charge is 0.322 e. The lowest BCUT2D eigenvalue weighted by atomic mass is 9.84. The maximum Gasteiger partial charge on any atom is 0.322 e. The standard InChI is InChI=1S/C28H27BrN2O5/c1-4-35-27(32)25(28(33)36-5-2)26-23-14-15-30-17-19(23)16-24(18-6-12-22(34-3)13-7-18)31(26)21-10-8-20(29)9-11-21/h6-17,25-26H,4-5H2,1-3H3. The number of methoxy groups -OCH3 is 1. The summed E-state index contributed by atoms with van der Waals surface area (Å²) in [7, 11) is 1.62. The molecular formula is C28H27BrN2O5. The van der Waals surface area contributed by atoms with E-state index >= 15 is 0 Å². The number of esters is 2. The topological polar surface area (TPSA) is 78.0 Å². The number of hydrogen-bond acceptors (Lipinski definition) is 7. The fourth-order valence-corrected chi connectivity index (χ4v) is 4.61. The minimum absolute atomic E-state index is 0.143. The maximum atomic E-state index is 13.3. The highest BCUT2D eigenvalue weighted by Crippen LogP contribution is 2.46. The molecule has 1 aromatic heterocycles. The van der Waals surface area contributed by atoms with Gasteiger partial charge in [-0.1, -0.05) is 15.9 Å². The van der Waals surface area contributed by atoms with E-state index in [1.807, 2.05) is 65.6 Å². The minimum atomic E-state index is -1.23. The Balaban J connectivity index is 1.98. The third-order valence-electron chi connectivity index (χ3n) is 5.92. The fourth-order valence-electron chi connectivity index (χ4n) is 4.35. The Bertz CT molecular complexity index is 1240. The minimum Gasteiger partial charge on any atom is -0.497 e. The first-order valence-electron chi connectivity index (χ1n) is 11.7. The molecule has 2 aromatic carbocycles. The van der Waals surface area contributed by atoms with Crippen molar-refractivity contribution in [2.24, 2.45) is 5.92 Å². The largest absolute Gasteiger partial charge is 0.497 e. The van der Waals surface area contributed by atoms with Crippen LogP contribution in [0.25, 0.3) is 11.8 Å². The highest BCUT2D eigenvalue weighted by molar-refractivity contribution is 9.10. The van der Waals surface area contributed by atoms with Crippen LogP contribution in [0.15, 0.2) is 71.5 Å². The van der Waals surface area contributed by atoms with Crippen LogP contribution in [0.5, 0.6) is 5.75 Å². The Hall–Kier alpha value is -3.65. The molecule has 1 atom stereocenters. The van der Waals surface area contributed by atoms with Crippen LogP contribution in [-0.2, 0) is 19.1 Å². The number of halogens is 1. The first kappa shape index (κ1) is 25.4. The highest BCUT2D eigenvalue weighted by Gasteiger charge is 2.45. The van der Waals surface area contributed by atoms with Crippen molar-refractivity contribution in [3.05, 3.63) is 88.2 Å². The molecule has 0 amide bonds. The average molecular weight is 551 g/mol. The molecule has 8 heteroatoms. The van der Waals surface area contributed by atoms with Gasteiger partial charge in [0.2, 0.25) is 0 Å². The van der Waals surface area contributed by atoms with Crippen LogP contribution >= 0.6 is 15.9 Å². The van der Waals surface area contributed by atoms with E-state index in [0.717, 1.165) is 38.3 Å². The molecule has 0 N–H and O–H groups in total. The van der Waals surface area contributed by atoms with E-state index in [9.17, 15) is 9.59 Å². The predicted molar refractivity (Wildman–Crippen MR) is 141 cm³/mol. The van der Waals surface area contributed by atoms with Crippen LogP contribution in [0.4, 0.5) is 5.69 Å². The van der Waals surface area contributed by atoms with Crippen LogP contribution in [0.2, 0.25) is 0 Å². The number of carbonyl (C=O) groups is 2. The van der Waals surface area contributed by atoms with Gasteiger partial charge in [0.25, 0.3) is 0 Å². The van der Waals surface area contributed by atoms with E-state index in [2.05, 4.69) is 20.9 Å². The van der Waals surface area contributed by atoms with Gasteiger partial charge in [0.15, 0.2) is 5.92 Å². The van der Waals surface area contributed by atoms with E-state index in [0.29, 0.717) is 0 Å². The molecule has 0 spiro atoms. The summed E-state index contributed by atoms with van der Waals surface area (Å²) in [6.07, 6.45) is 5.40. The lowest BCUT2D eigenvalue weighted by Crippen LogP contribution is -2.43. The number of anilines is 1. The summed E-state index contributed by atoms with van der Waals surface area (Å²) in [5, 5.41) is 0. The molecule has 0 fully saturated rings. The molecule has 7 nitrogen and oxygen atoms in total. The third-order valence-corrected chi connectivity index (χ3v) is 6.45. The van der Waals surface area contributed by atoms with Crippen molar-refractivity contribution in [1.82, 2.24) is 4.98 Å². The Morgan fingerprint density at radius 2 is 1.61 bits per heavy atom. The van der Waals surface area contributed by atoms with Crippen molar-refractivity contribution in [3.8, 4) is 5.75 Å². The number of ether oxygens (including phenoxy) is 3. The number of aromatic nitrogens is 1. The zero-order chi connectivity index (χ0) is 25.7. The molecule has 4 rings (SSSR count). The second-order valence-electron chi connectivity index (χ2n) is 8.04. The van der Waals surface area contributed by atoms with E-state index in [1.54, 1.807) is 33.4 Å². The molecule has 0 aliphatic carbocycles. The number of benzene rings is 2. The first-order chi connectivity index (χ1) is 17.5. The zero-order valence-corrected chi connectivity index (χ0v) is 21.9. The van der Waals surface area contributed by atoms with Crippen molar-refractivity contribution in [3.63, 3.8) is 0 Å². The van der Waals surface area contributed by atoms with Gasteiger partial charge in [-0.2, -0.15) is 0 Å². The van der Waals surface area contributed by atoms with E-state index in [1.165, 1.54) is 0 Å². The van der Waals surface area contributed by atoms with Crippen molar-refractivity contribution in [1.29, 1.82) is 0 Å². The van der Waals surface area contributed by atoms with Crippen LogP contribution in [0.3, 0.4) is 0 Å². The molecule has 0 radical (unpaired) electrons. The van der Waals surface area contributed by atoms with Crippen molar-refractivity contribution in [2.45, 2.75) is 19.9 Å². The van der Waals surface area contributed by atoms with Gasteiger partial charge in [-0.05, 0) is 85.6 Å². The number of hydrogen-bond donors (Lipinski definition) is 0. The van der Waals surface area contributed by atoms with Gasteiger partial charge >= 0.3 is 11.9 Å². The molecule has 1 unspecified atom stereocenters. The Morgan fingerprint density at radius 3 is 2.19 bits per heavy atom. The van der Waals surface area contributed by atoms with Crippen LogP contribution in [0.1, 0.15) is 36.6 Å². The van der Waals surface area contributed by atoms with Crippen molar-refractivity contribution < 1.29 is 23.8 Å². The highest BCUT2D eigenvalue weighted by atomic mass is 79.9. The van der Waals surface area contributed by atoms with E-state index < -0.39 is 23.9 Å². The van der Waals surface area contributed by atoms with Gasteiger partial charge in [0.05, 0.1) is 26.4 Å². The summed E-state index contributed by atoms with van der Waals surface area (Å²) in [6, 6.07) is 16.4. The summed E-state index contributed by atoms with van der Waals surface area (Å²) in [5.74, 6) is -1.78. The summed E-state index contributed by atoms with van der Waals surface area (Å²) >= 11 is 3.50. The lowest BCUT2D eigenvalue weighted by molar-refractivity contribution is -0.162. The Morgan fingerprint density at radius 1 is 0.972 bits per heavy atom. The van der Waals surface area contributed by atoms with Gasteiger partial charge in [-0.25, -0.2) is 0 Å². The molecule has 0 bridgehead atoms. The molecular weight excluding hydrogens is 524 g/mol. The molecule has 2 heterocycles. The number of nitrogens with zero attached hydrogens (tertiary/aromatic N) is 2. The summed E-state index contributed by atoms with van der Waals surface area (Å²) in [4.78, 5) is 32.9. The lowest BCUT2D eigenvalue weighted by Gasteiger charge is -2.41. The molecule has 186 valence electrons. The van der Waals surface area contributed by atoms with Crippen LogP contribution in [-0.4, -0.2) is 37.2 Å². The first-order valence-corrected chi connectivity index (χ1v) is 12.5. The predicted octanol–water partition coefficient (Wildman–Crippen LogP) is 5.65. The summed E-state index contributed by atoms with van der Waals surface area (Å²) < 4.78 is 17.0. The summed E-state index contributed by atoms with van der Waals surface area (Å²) in [6.45, 7) is 3.72. The van der Waals surface area contributed by atoms with E-state index in [-0.39, 0.29) is 13.2 Å². The second-order valence-corrected chi connectivity index (χ2v) is 8.95.